The average Bonchev–Trinajstić information content (AvgIpc) is 3.63. The first-order valence-corrected chi connectivity index (χ1v) is 17.1. The van der Waals surface area contributed by atoms with Gasteiger partial charge in [0, 0.05) is 5.56 Å². The zero-order valence-corrected chi connectivity index (χ0v) is 24.0. The van der Waals surface area contributed by atoms with Crippen molar-refractivity contribution < 1.29 is 25.6 Å². The lowest BCUT2D eigenvalue weighted by Crippen LogP contribution is -2.20. The molecular weight excluding hydrogens is 532 g/mol. The maximum atomic E-state index is 14.5. The van der Waals surface area contributed by atoms with Gasteiger partial charge in [0.05, 0.1) is 4.90 Å². The predicted molar refractivity (Wildman–Crippen MR) is 150 cm³/mol. The second-order valence-electron chi connectivity index (χ2n) is 11.6. The molecule has 8 heteroatoms. The van der Waals surface area contributed by atoms with E-state index >= 15 is 0 Å². The Balaban J connectivity index is 1.58. The second-order valence-corrected chi connectivity index (χ2v) is 14.4. The Hall–Kier alpha value is -2.42. The number of hydrogen-bond acceptors (Lipinski definition) is 6. The molecule has 0 radical (unpaired) electrons. The third kappa shape index (κ3) is 4.89. The Morgan fingerprint density at radius 2 is 1.41 bits per heavy atom. The molecule has 0 unspecified atom stereocenters. The summed E-state index contributed by atoms with van der Waals surface area (Å²) in [5.74, 6) is 0.499. The van der Waals surface area contributed by atoms with Gasteiger partial charge < -0.3 is 8.74 Å². The van der Waals surface area contributed by atoms with Gasteiger partial charge in [0.1, 0.15) is 20.8 Å². The molecule has 0 aromatic heterocycles. The molecule has 208 valence electrons. The van der Waals surface area contributed by atoms with Crippen LogP contribution in [0.1, 0.15) is 104 Å². The Morgan fingerprint density at radius 1 is 0.795 bits per heavy atom. The van der Waals surface area contributed by atoms with Crippen LogP contribution in [0.15, 0.2) is 46.2 Å². The van der Waals surface area contributed by atoms with Crippen LogP contribution >= 0.6 is 0 Å². The molecule has 2 saturated carbocycles. The fraction of sp³-hybridized carbons (Fsp3) is 0.484. The van der Waals surface area contributed by atoms with Crippen LogP contribution in [-0.4, -0.2) is 21.4 Å². The highest BCUT2D eigenvalue weighted by molar-refractivity contribution is 7.87. The number of fused-ring (bicyclic) bond motifs is 2. The van der Waals surface area contributed by atoms with Crippen LogP contribution < -0.4 is 4.18 Å². The minimum Gasteiger partial charge on any atom is -0.744 e. The highest BCUT2D eigenvalue weighted by Gasteiger charge is 2.36. The number of rotatable bonds is 6. The van der Waals surface area contributed by atoms with Crippen molar-refractivity contribution in [1.29, 1.82) is 0 Å². The number of hydrogen-bond donors (Lipinski definition) is 0. The van der Waals surface area contributed by atoms with Crippen LogP contribution in [0, 0.1) is 6.92 Å². The van der Waals surface area contributed by atoms with Gasteiger partial charge in [-0.3, -0.25) is 0 Å². The summed E-state index contributed by atoms with van der Waals surface area (Å²) >= 11 is 0. The van der Waals surface area contributed by atoms with Gasteiger partial charge in [0.15, 0.2) is 0 Å². The van der Waals surface area contributed by atoms with Crippen LogP contribution in [0.2, 0.25) is 0 Å². The quantitative estimate of drug-likeness (QED) is 0.234. The molecule has 6 rings (SSSR count). The molecule has 0 saturated heterocycles. The van der Waals surface area contributed by atoms with E-state index in [0.717, 1.165) is 86.1 Å². The van der Waals surface area contributed by atoms with Crippen molar-refractivity contribution in [2.75, 3.05) is 0 Å². The van der Waals surface area contributed by atoms with Gasteiger partial charge in [-0.2, -0.15) is 8.42 Å². The highest BCUT2D eigenvalue weighted by Crippen LogP contribution is 2.48. The van der Waals surface area contributed by atoms with E-state index in [1.807, 2.05) is 18.2 Å². The molecule has 0 aliphatic heterocycles. The summed E-state index contributed by atoms with van der Waals surface area (Å²) in [7, 11) is -8.97. The summed E-state index contributed by atoms with van der Waals surface area (Å²) in [6.07, 6.45) is 10.5. The fourth-order valence-electron chi connectivity index (χ4n) is 7.32. The van der Waals surface area contributed by atoms with Crippen LogP contribution in [0.5, 0.6) is 5.75 Å². The molecule has 0 amide bonds. The molecule has 3 aliphatic rings. The van der Waals surface area contributed by atoms with Gasteiger partial charge in [0.25, 0.3) is 0 Å². The van der Waals surface area contributed by atoms with E-state index in [2.05, 4.69) is 12.1 Å². The van der Waals surface area contributed by atoms with Crippen molar-refractivity contribution in [2.24, 2.45) is 0 Å². The van der Waals surface area contributed by atoms with Crippen LogP contribution in [0.3, 0.4) is 0 Å². The molecule has 0 bridgehead atoms. The molecule has 3 aromatic rings. The maximum absolute atomic E-state index is 14.5. The Kier molecular flexibility index (Phi) is 7.01. The molecule has 0 spiro atoms. The number of benzene rings is 3. The molecule has 2 fully saturated rings. The zero-order chi connectivity index (χ0) is 27.4. The van der Waals surface area contributed by atoms with Crippen molar-refractivity contribution in [3.05, 3.63) is 64.2 Å². The van der Waals surface area contributed by atoms with E-state index in [4.69, 9.17) is 4.18 Å². The van der Waals surface area contributed by atoms with Crippen LogP contribution in [0.4, 0.5) is 0 Å². The number of aryl methyl sites for hydroxylation is 1. The van der Waals surface area contributed by atoms with Crippen LogP contribution in [-0.2, 0) is 33.1 Å². The topological polar surface area (TPSA) is 101 Å². The standard InChI is InChI=1S/C31H36O6S2/c1-20-18-28(38(32,33)34)25-16-8-9-17-26(25)30(20)37-39(35,36)31-27(21-10-2-3-11-21)19-23-14-6-7-15-24(23)29(31)22-12-4-5-13-22/h6-7,14-15,18-19,21-22H,2-5,8-13,16-17H2,1H3,(H,32,33,34)/p-1. The third-order valence-electron chi connectivity index (χ3n) is 9.08. The lowest BCUT2D eigenvalue weighted by atomic mass is 9.86. The summed E-state index contributed by atoms with van der Waals surface area (Å²) < 4.78 is 71.4. The van der Waals surface area contributed by atoms with E-state index in [9.17, 15) is 21.4 Å². The minimum absolute atomic E-state index is 0.146. The van der Waals surface area contributed by atoms with E-state index in [-0.39, 0.29) is 22.5 Å². The molecular formula is C31H35O6S2-. The molecule has 3 aliphatic carbocycles. The van der Waals surface area contributed by atoms with E-state index in [1.165, 1.54) is 6.07 Å². The summed E-state index contributed by atoms with van der Waals surface area (Å²) in [5, 5.41) is 2.04. The Labute approximate surface area is 231 Å². The second kappa shape index (κ2) is 10.2. The molecule has 0 N–H and O–H groups in total. The molecule has 3 aromatic carbocycles. The lowest BCUT2D eigenvalue weighted by molar-refractivity contribution is 0.458. The third-order valence-corrected chi connectivity index (χ3v) is 11.3. The molecule has 6 nitrogen and oxygen atoms in total. The van der Waals surface area contributed by atoms with Gasteiger partial charge in [-0.1, -0.05) is 49.9 Å². The van der Waals surface area contributed by atoms with Gasteiger partial charge in [0.2, 0.25) is 0 Å². The summed E-state index contributed by atoms with van der Waals surface area (Å²) in [6, 6.07) is 11.4. The molecule has 0 atom stereocenters. The van der Waals surface area contributed by atoms with Crippen molar-refractivity contribution in [1.82, 2.24) is 0 Å². The SMILES string of the molecule is Cc1cc(S(=O)(=O)[O-])c2c(c1OS(=O)(=O)c1c(C3CCCC3)cc3ccccc3c1C1CCCC1)CCCC2. The van der Waals surface area contributed by atoms with Gasteiger partial charge in [-0.15, -0.1) is 0 Å². The first-order chi connectivity index (χ1) is 18.6. The summed E-state index contributed by atoms with van der Waals surface area (Å²) in [6.45, 7) is 1.63. The normalized spacial score (nSPS) is 19.0. The van der Waals surface area contributed by atoms with E-state index in [0.29, 0.717) is 34.4 Å². The monoisotopic (exact) mass is 567 g/mol. The van der Waals surface area contributed by atoms with E-state index < -0.39 is 20.2 Å². The average molecular weight is 568 g/mol. The fourth-order valence-corrected chi connectivity index (χ4v) is 9.77. The smallest absolute Gasteiger partial charge is 0.339 e. The van der Waals surface area contributed by atoms with Crippen molar-refractivity contribution in [3.63, 3.8) is 0 Å². The first-order valence-electron chi connectivity index (χ1n) is 14.3. The van der Waals surface area contributed by atoms with Gasteiger partial charge in [-0.05, 0) is 115 Å². The lowest BCUT2D eigenvalue weighted by Gasteiger charge is -2.27. The van der Waals surface area contributed by atoms with Crippen molar-refractivity contribution >= 4 is 31.0 Å². The minimum atomic E-state index is -4.69. The first kappa shape index (κ1) is 26.8. The highest BCUT2D eigenvalue weighted by atomic mass is 32.2. The summed E-state index contributed by atoms with van der Waals surface area (Å²) in [5.41, 5.74) is 3.07. The molecule has 0 heterocycles. The van der Waals surface area contributed by atoms with E-state index in [1.54, 1.807) is 6.92 Å². The van der Waals surface area contributed by atoms with Crippen molar-refractivity contribution in [3.8, 4) is 5.75 Å². The largest absolute Gasteiger partial charge is 0.744 e. The predicted octanol–water partition coefficient (Wildman–Crippen LogP) is 7.01. The maximum Gasteiger partial charge on any atom is 0.339 e. The Morgan fingerprint density at radius 3 is 2.08 bits per heavy atom. The molecule has 39 heavy (non-hydrogen) atoms. The van der Waals surface area contributed by atoms with Gasteiger partial charge in [-0.25, -0.2) is 8.42 Å². The van der Waals surface area contributed by atoms with Gasteiger partial charge >= 0.3 is 10.1 Å². The van der Waals surface area contributed by atoms with Crippen molar-refractivity contribution in [2.45, 2.75) is 106 Å². The van der Waals surface area contributed by atoms with Crippen LogP contribution in [0.25, 0.3) is 10.8 Å². The zero-order valence-electron chi connectivity index (χ0n) is 22.4. The summed E-state index contributed by atoms with van der Waals surface area (Å²) in [4.78, 5) is 0.0768. The Bertz CT molecular complexity index is 1640.